The number of carbonyl (C=O) groups is 1. The average Bonchev–Trinajstić information content (AvgIpc) is 3.11. The monoisotopic (exact) mass is 328 g/mol. The number of hydrogen-bond donors (Lipinski definition) is 0. The number of esters is 1. The first kappa shape index (κ1) is 15.9. The summed E-state index contributed by atoms with van der Waals surface area (Å²) in [5.74, 6) is -0.305. The van der Waals surface area contributed by atoms with Crippen LogP contribution >= 0.6 is 11.8 Å². The Balaban J connectivity index is 1.69. The van der Waals surface area contributed by atoms with Crippen molar-refractivity contribution >= 4 is 23.4 Å². The molecule has 0 atom stereocenters. The van der Waals surface area contributed by atoms with E-state index in [1.54, 1.807) is 37.0 Å². The van der Waals surface area contributed by atoms with E-state index in [4.69, 9.17) is 4.74 Å². The van der Waals surface area contributed by atoms with Crippen LogP contribution in [0.3, 0.4) is 0 Å². The number of carbonyl (C=O) groups excluding carboxylic acids is 1. The van der Waals surface area contributed by atoms with Gasteiger partial charge in [0, 0.05) is 29.9 Å². The Bertz CT molecular complexity index is 667. The lowest BCUT2D eigenvalue weighted by molar-refractivity contribution is 0.0526. The van der Waals surface area contributed by atoms with E-state index in [-0.39, 0.29) is 5.97 Å². The largest absolute Gasteiger partial charge is 0.462 e. The number of ether oxygens (including phenoxy) is 1. The van der Waals surface area contributed by atoms with E-state index < -0.39 is 0 Å². The van der Waals surface area contributed by atoms with Crippen molar-refractivity contribution in [1.29, 1.82) is 0 Å². The van der Waals surface area contributed by atoms with E-state index in [1.165, 1.54) is 18.5 Å². The Morgan fingerprint density at radius 3 is 2.65 bits per heavy atom. The zero-order valence-corrected chi connectivity index (χ0v) is 14.0. The SMILES string of the molecule is CCOC(=O)c1ccnc(Sc2ccc(N3CCCC3)cc2)c1. The van der Waals surface area contributed by atoms with Crippen LogP contribution in [0.4, 0.5) is 5.69 Å². The van der Waals surface area contributed by atoms with Crippen molar-refractivity contribution < 1.29 is 9.53 Å². The molecule has 0 N–H and O–H groups in total. The zero-order valence-electron chi connectivity index (χ0n) is 13.2. The number of anilines is 1. The van der Waals surface area contributed by atoms with Gasteiger partial charge in [-0.15, -0.1) is 0 Å². The minimum Gasteiger partial charge on any atom is -0.462 e. The summed E-state index contributed by atoms with van der Waals surface area (Å²) in [6.07, 6.45) is 4.20. The Morgan fingerprint density at radius 1 is 1.22 bits per heavy atom. The summed E-state index contributed by atoms with van der Waals surface area (Å²) in [5, 5.41) is 0.796. The summed E-state index contributed by atoms with van der Waals surface area (Å²) in [6.45, 7) is 4.48. The molecule has 1 fully saturated rings. The second-order valence-corrected chi connectivity index (χ2v) is 6.49. The van der Waals surface area contributed by atoms with Gasteiger partial charge in [0.2, 0.25) is 0 Å². The molecule has 1 aromatic carbocycles. The molecule has 0 spiro atoms. The number of benzene rings is 1. The fraction of sp³-hybridized carbons (Fsp3) is 0.333. The minimum atomic E-state index is -0.305. The van der Waals surface area contributed by atoms with Gasteiger partial charge in [-0.2, -0.15) is 0 Å². The fourth-order valence-corrected chi connectivity index (χ4v) is 3.44. The lowest BCUT2D eigenvalue weighted by Gasteiger charge is -2.17. The molecule has 4 nitrogen and oxygen atoms in total. The molecule has 1 aliphatic rings. The average molecular weight is 328 g/mol. The maximum Gasteiger partial charge on any atom is 0.338 e. The van der Waals surface area contributed by atoms with Crippen molar-refractivity contribution in [3.63, 3.8) is 0 Å². The van der Waals surface area contributed by atoms with Crippen molar-refractivity contribution in [1.82, 2.24) is 4.98 Å². The van der Waals surface area contributed by atoms with Gasteiger partial charge >= 0.3 is 5.97 Å². The topological polar surface area (TPSA) is 42.4 Å². The summed E-state index contributed by atoms with van der Waals surface area (Å²) < 4.78 is 5.02. The van der Waals surface area contributed by atoms with Crippen LogP contribution in [0.2, 0.25) is 0 Å². The summed E-state index contributed by atoms with van der Waals surface area (Å²) >= 11 is 1.55. The van der Waals surface area contributed by atoms with Crippen LogP contribution in [0.5, 0.6) is 0 Å². The van der Waals surface area contributed by atoms with Gasteiger partial charge < -0.3 is 9.64 Å². The standard InChI is InChI=1S/C18H20N2O2S/c1-2-22-18(21)14-9-10-19-17(13-14)23-16-7-5-15(6-8-16)20-11-3-4-12-20/h5-10,13H,2-4,11-12H2,1H3. The van der Waals surface area contributed by atoms with E-state index in [1.807, 2.05) is 0 Å². The van der Waals surface area contributed by atoms with E-state index in [2.05, 4.69) is 34.1 Å². The summed E-state index contributed by atoms with van der Waals surface area (Å²) in [6, 6.07) is 12.0. The first-order valence-corrected chi connectivity index (χ1v) is 8.74. The number of pyridine rings is 1. The molecule has 2 aromatic rings. The Morgan fingerprint density at radius 2 is 1.96 bits per heavy atom. The molecule has 0 radical (unpaired) electrons. The maximum absolute atomic E-state index is 11.8. The number of hydrogen-bond acceptors (Lipinski definition) is 5. The van der Waals surface area contributed by atoms with Gasteiger partial charge in [0.05, 0.1) is 12.2 Å². The van der Waals surface area contributed by atoms with Crippen LogP contribution in [-0.2, 0) is 4.74 Å². The molecule has 1 aromatic heterocycles. The molecule has 0 bridgehead atoms. The van der Waals surface area contributed by atoms with Crippen molar-refractivity contribution in [2.45, 2.75) is 29.7 Å². The summed E-state index contributed by atoms with van der Waals surface area (Å²) in [4.78, 5) is 19.6. The molecule has 5 heteroatoms. The summed E-state index contributed by atoms with van der Waals surface area (Å²) in [5.41, 5.74) is 1.82. The third-order valence-electron chi connectivity index (χ3n) is 3.78. The maximum atomic E-state index is 11.8. The molecule has 120 valence electrons. The second kappa shape index (κ2) is 7.51. The molecule has 1 aliphatic heterocycles. The Hall–Kier alpha value is -2.01. The highest BCUT2D eigenvalue weighted by Crippen LogP contribution is 2.29. The van der Waals surface area contributed by atoms with Crippen LogP contribution in [0, 0.1) is 0 Å². The Kier molecular flexibility index (Phi) is 5.18. The van der Waals surface area contributed by atoms with E-state index in [0.29, 0.717) is 12.2 Å². The van der Waals surface area contributed by atoms with Gasteiger partial charge in [0.25, 0.3) is 0 Å². The van der Waals surface area contributed by atoms with E-state index in [0.717, 1.165) is 23.0 Å². The predicted molar refractivity (Wildman–Crippen MR) is 92.2 cm³/mol. The highest BCUT2D eigenvalue weighted by Gasteiger charge is 2.12. The minimum absolute atomic E-state index is 0.305. The number of nitrogens with zero attached hydrogens (tertiary/aromatic N) is 2. The lowest BCUT2D eigenvalue weighted by atomic mass is 10.3. The van der Waals surface area contributed by atoms with Crippen molar-refractivity contribution in [2.24, 2.45) is 0 Å². The number of rotatable bonds is 5. The smallest absolute Gasteiger partial charge is 0.338 e. The third-order valence-corrected chi connectivity index (χ3v) is 4.72. The Labute approximate surface area is 140 Å². The quantitative estimate of drug-likeness (QED) is 0.776. The normalized spacial score (nSPS) is 14.0. The molecule has 1 saturated heterocycles. The molecular weight excluding hydrogens is 308 g/mol. The van der Waals surface area contributed by atoms with Crippen molar-refractivity contribution in [3.05, 3.63) is 48.2 Å². The van der Waals surface area contributed by atoms with Gasteiger partial charge in [-0.3, -0.25) is 0 Å². The second-order valence-electron chi connectivity index (χ2n) is 5.39. The molecule has 0 unspecified atom stereocenters. The molecule has 3 rings (SSSR count). The van der Waals surface area contributed by atoms with Crippen LogP contribution in [0.15, 0.2) is 52.5 Å². The van der Waals surface area contributed by atoms with Crippen LogP contribution < -0.4 is 4.90 Å². The number of aromatic nitrogens is 1. The molecule has 23 heavy (non-hydrogen) atoms. The predicted octanol–water partition coefficient (Wildman–Crippen LogP) is 4.01. The summed E-state index contributed by atoms with van der Waals surface area (Å²) in [7, 11) is 0. The van der Waals surface area contributed by atoms with Crippen LogP contribution in [0.25, 0.3) is 0 Å². The fourth-order valence-electron chi connectivity index (χ4n) is 2.63. The van der Waals surface area contributed by atoms with Gasteiger partial charge in [-0.1, -0.05) is 11.8 Å². The molecular formula is C18H20N2O2S. The highest BCUT2D eigenvalue weighted by molar-refractivity contribution is 7.99. The van der Waals surface area contributed by atoms with Gasteiger partial charge in [0.15, 0.2) is 0 Å². The zero-order chi connectivity index (χ0) is 16.1. The molecule has 0 saturated carbocycles. The highest BCUT2D eigenvalue weighted by atomic mass is 32.2. The van der Waals surface area contributed by atoms with E-state index in [9.17, 15) is 4.79 Å². The van der Waals surface area contributed by atoms with Crippen LogP contribution in [0.1, 0.15) is 30.1 Å². The van der Waals surface area contributed by atoms with Gasteiger partial charge in [0.1, 0.15) is 5.03 Å². The lowest BCUT2D eigenvalue weighted by Crippen LogP contribution is -2.17. The van der Waals surface area contributed by atoms with Crippen molar-refractivity contribution in [2.75, 3.05) is 24.6 Å². The first-order chi connectivity index (χ1) is 11.3. The molecule has 0 aliphatic carbocycles. The van der Waals surface area contributed by atoms with Crippen molar-refractivity contribution in [3.8, 4) is 0 Å². The molecule has 0 amide bonds. The first-order valence-electron chi connectivity index (χ1n) is 7.92. The van der Waals surface area contributed by atoms with E-state index >= 15 is 0 Å². The third kappa shape index (κ3) is 4.05. The molecule has 2 heterocycles. The van der Waals surface area contributed by atoms with Gasteiger partial charge in [-0.05, 0) is 56.2 Å². The van der Waals surface area contributed by atoms with Gasteiger partial charge in [-0.25, -0.2) is 9.78 Å². The van der Waals surface area contributed by atoms with Crippen LogP contribution in [-0.4, -0.2) is 30.6 Å².